The van der Waals surface area contributed by atoms with Crippen LogP contribution in [0.2, 0.25) is 0 Å². The van der Waals surface area contributed by atoms with Gasteiger partial charge in [-0.15, -0.1) is 15.3 Å². The van der Waals surface area contributed by atoms with Crippen LogP contribution in [0.4, 0.5) is 11.1 Å². The maximum Gasteiger partial charge on any atom is 0.318 e. The van der Waals surface area contributed by atoms with Crippen molar-refractivity contribution < 1.29 is 17.6 Å². The average Bonchev–Trinajstić information content (AvgIpc) is 3.16. The number of nitrogens with one attached hydrogen (secondary N) is 1. The van der Waals surface area contributed by atoms with Gasteiger partial charge >= 0.3 is 6.01 Å². The Hall–Kier alpha value is -2.12. The minimum atomic E-state index is -3.74. The van der Waals surface area contributed by atoms with Gasteiger partial charge in [0, 0.05) is 40.0 Å². The normalized spacial score (nSPS) is 16.3. The summed E-state index contributed by atoms with van der Waals surface area (Å²) in [5, 5.41) is 17.6. The minimum Gasteiger partial charge on any atom is -0.408 e. The van der Waals surface area contributed by atoms with Crippen LogP contribution in [0.5, 0.6) is 0 Å². The number of anilines is 2. The van der Waals surface area contributed by atoms with Crippen LogP contribution in [0.25, 0.3) is 0 Å². The molecule has 1 aliphatic heterocycles. The van der Waals surface area contributed by atoms with E-state index in [0.29, 0.717) is 25.0 Å². The number of nitrogens with zero attached hydrogens (tertiary/aromatic N) is 6. The maximum absolute atomic E-state index is 12.6. The van der Waals surface area contributed by atoms with Gasteiger partial charge in [-0.25, -0.2) is 8.42 Å². The van der Waals surface area contributed by atoms with Crippen LogP contribution in [0.1, 0.15) is 12.8 Å². The molecule has 3 rings (SSSR count). The number of carbonyl (C=O) groups excluding carboxylic acids is 1. The van der Waals surface area contributed by atoms with Crippen molar-refractivity contribution >= 4 is 38.4 Å². The fraction of sp³-hybridized carbons (Fsp3) is 0.545. The average molecular weight is 373 g/mol. The predicted molar refractivity (Wildman–Crippen MR) is 84.2 cm³/mol. The van der Waals surface area contributed by atoms with Gasteiger partial charge in [-0.05, 0) is 0 Å². The summed E-state index contributed by atoms with van der Waals surface area (Å²) < 4.78 is 31.7. The maximum atomic E-state index is 12.6. The lowest BCUT2D eigenvalue weighted by atomic mass is 10.4. The summed E-state index contributed by atoms with van der Waals surface area (Å²) in [7, 11) is -3.74. The molecule has 0 aromatic carbocycles. The molecule has 1 fully saturated rings. The Labute approximate surface area is 141 Å². The van der Waals surface area contributed by atoms with Crippen LogP contribution >= 0.6 is 11.3 Å². The first kappa shape index (κ1) is 16.7. The topological polar surface area (TPSA) is 134 Å². The van der Waals surface area contributed by atoms with E-state index in [1.165, 1.54) is 11.2 Å². The zero-order chi connectivity index (χ0) is 17.3. The largest absolute Gasteiger partial charge is 0.408 e. The van der Waals surface area contributed by atoms with E-state index in [0.717, 1.165) is 11.3 Å². The zero-order valence-electron chi connectivity index (χ0n) is 13.0. The number of carbonyl (C=O) groups is 1. The summed E-state index contributed by atoms with van der Waals surface area (Å²) in [6.07, 6.45) is 0. The fourth-order valence-corrected chi connectivity index (χ4v) is 4.67. The summed E-state index contributed by atoms with van der Waals surface area (Å²) in [5.41, 5.74) is 0. The second-order valence-electron chi connectivity index (χ2n) is 5.05. The number of amides is 1. The van der Waals surface area contributed by atoms with E-state index in [2.05, 4.69) is 25.7 Å². The third-order valence-electron chi connectivity index (χ3n) is 3.27. The van der Waals surface area contributed by atoms with Gasteiger partial charge in [0.2, 0.25) is 21.3 Å². The Morgan fingerprint density at radius 2 is 1.88 bits per heavy atom. The molecule has 0 bridgehead atoms. The molecule has 0 spiro atoms. The zero-order valence-corrected chi connectivity index (χ0v) is 14.6. The first-order valence-corrected chi connectivity index (χ1v) is 9.28. The van der Waals surface area contributed by atoms with Crippen LogP contribution in [0.15, 0.2) is 8.76 Å². The summed E-state index contributed by atoms with van der Waals surface area (Å²) in [6.45, 7) is 4.39. The van der Waals surface area contributed by atoms with Gasteiger partial charge in [0.15, 0.2) is 0 Å². The lowest BCUT2D eigenvalue weighted by Crippen LogP contribution is -2.48. The van der Waals surface area contributed by atoms with E-state index in [-0.39, 0.29) is 28.5 Å². The Kier molecular flexibility index (Phi) is 4.47. The number of piperazine rings is 1. The van der Waals surface area contributed by atoms with E-state index < -0.39 is 10.0 Å². The highest BCUT2D eigenvalue weighted by Gasteiger charge is 2.32. The van der Waals surface area contributed by atoms with E-state index >= 15 is 0 Å². The Morgan fingerprint density at radius 1 is 1.17 bits per heavy atom. The molecule has 1 aliphatic rings. The molecule has 0 atom stereocenters. The first-order valence-electron chi connectivity index (χ1n) is 7.02. The van der Waals surface area contributed by atoms with Crippen molar-refractivity contribution in [2.75, 3.05) is 36.4 Å². The molecule has 13 heteroatoms. The van der Waals surface area contributed by atoms with E-state index in [4.69, 9.17) is 4.42 Å². The van der Waals surface area contributed by atoms with Crippen molar-refractivity contribution in [3.8, 4) is 0 Å². The third kappa shape index (κ3) is 3.37. The molecular formula is C11H15N7O4S2. The van der Waals surface area contributed by atoms with E-state index in [1.807, 2.05) is 4.90 Å². The molecule has 0 saturated carbocycles. The number of hydrogen-bond acceptors (Lipinski definition) is 10. The highest BCUT2D eigenvalue weighted by atomic mass is 32.2. The highest BCUT2D eigenvalue weighted by Crippen LogP contribution is 2.25. The molecule has 0 unspecified atom stereocenters. The quantitative estimate of drug-likeness (QED) is 0.716. The SMILES string of the molecule is CC(=O)Nc1nnc(S(=O)(=O)N2CCN(c3nnc(C)o3)CC2)s1. The van der Waals surface area contributed by atoms with Crippen LogP contribution in [0, 0.1) is 6.92 Å². The Balaban J connectivity index is 1.68. The molecule has 11 nitrogen and oxygen atoms in total. The van der Waals surface area contributed by atoms with E-state index in [9.17, 15) is 13.2 Å². The monoisotopic (exact) mass is 373 g/mol. The molecule has 3 heterocycles. The molecule has 130 valence electrons. The van der Waals surface area contributed by atoms with Crippen LogP contribution in [0.3, 0.4) is 0 Å². The van der Waals surface area contributed by atoms with Gasteiger partial charge in [0.05, 0.1) is 0 Å². The summed E-state index contributed by atoms with van der Waals surface area (Å²) >= 11 is 0.824. The van der Waals surface area contributed by atoms with Crippen molar-refractivity contribution in [3.05, 3.63) is 5.89 Å². The van der Waals surface area contributed by atoms with Crippen molar-refractivity contribution in [2.24, 2.45) is 0 Å². The molecule has 2 aromatic rings. The molecule has 1 N–H and O–H groups in total. The minimum absolute atomic E-state index is 0.145. The summed E-state index contributed by atoms with van der Waals surface area (Å²) in [6, 6.07) is 0.383. The second kappa shape index (κ2) is 6.41. The van der Waals surface area contributed by atoms with Gasteiger partial charge in [0.25, 0.3) is 10.0 Å². The number of rotatable bonds is 4. The molecule has 1 saturated heterocycles. The first-order chi connectivity index (χ1) is 11.4. The van der Waals surface area contributed by atoms with Gasteiger partial charge in [0.1, 0.15) is 0 Å². The van der Waals surface area contributed by atoms with Gasteiger partial charge in [-0.3, -0.25) is 4.79 Å². The molecular weight excluding hydrogens is 358 g/mol. The number of sulfonamides is 1. The smallest absolute Gasteiger partial charge is 0.318 e. The molecule has 0 radical (unpaired) electrons. The Morgan fingerprint density at radius 3 is 2.46 bits per heavy atom. The molecule has 2 aromatic heterocycles. The lowest BCUT2D eigenvalue weighted by molar-refractivity contribution is -0.114. The van der Waals surface area contributed by atoms with Gasteiger partial charge < -0.3 is 14.6 Å². The highest BCUT2D eigenvalue weighted by molar-refractivity contribution is 7.91. The molecule has 24 heavy (non-hydrogen) atoms. The van der Waals surface area contributed by atoms with Crippen molar-refractivity contribution in [1.82, 2.24) is 24.7 Å². The number of aromatic nitrogens is 4. The van der Waals surface area contributed by atoms with Crippen LogP contribution < -0.4 is 10.2 Å². The van der Waals surface area contributed by atoms with Crippen LogP contribution in [-0.2, 0) is 14.8 Å². The van der Waals surface area contributed by atoms with Crippen LogP contribution in [-0.4, -0.2) is 65.2 Å². The number of aryl methyl sites for hydroxylation is 1. The van der Waals surface area contributed by atoms with Crippen molar-refractivity contribution in [3.63, 3.8) is 0 Å². The summed E-state index contributed by atoms with van der Waals surface area (Å²) in [4.78, 5) is 12.8. The molecule has 0 aliphatic carbocycles. The molecule has 1 amide bonds. The fourth-order valence-electron chi connectivity index (χ4n) is 2.16. The lowest BCUT2D eigenvalue weighted by Gasteiger charge is -2.31. The van der Waals surface area contributed by atoms with Gasteiger partial charge in [-0.2, -0.15) is 4.31 Å². The second-order valence-corrected chi connectivity index (χ2v) is 8.14. The summed E-state index contributed by atoms with van der Waals surface area (Å²) in [5.74, 6) is 0.123. The Bertz CT molecular complexity index is 838. The van der Waals surface area contributed by atoms with Crippen molar-refractivity contribution in [1.29, 1.82) is 0 Å². The van der Waals surface area contributed by atoms with E-state index in [1.54, 1.807) is 6.92 Å². The number of hydrogen-bond donors (Lipinski definition) is 1. The predicted octanol–water partition coefficient (Wildman–Crippen LogP) is -0.301. The standard InChI is InChI=1S/C11H15N7O4S2/c1-7(19)12-9-14-16-11(23-9)24(20,21)18-5-3-17(4-6-18)10-15-13-8(2)22-10/h3-6H2,1-2H3,(H,12,14,19). The van der Waals surface area contributed by atoms with Crippen molar-refractivity contribution in [2.45, 2.75) is 18.2 Å². The van der Waals surface area contributed by atoms with Gasteiger partial charge in [-0.1, -0.05) is 16.4 Å². The third-order valence-corrected chi connectivity index (χ3v) is 6.36.